The Morgan fingerprint density at radius 1 is 1.33 bits per heavy atom. The number of hydrogen-bond acceptors (Lipinski definition) is 4. The van der Waals surface area contributed by atoms with Crippen LogP contribution in [0.25, 0.3) is 0 Å². The first kappa shape index (κ1) is 15.9. The lowest BCUT2D eigenvalue weighted by Gasteiger charge is -2.10. The van der Waals surface area contributed by atoms with Gasteiger partial charge in [0.2, 0.25) is 0 Å². The van der Waals surface area contributed by atoms with Crippen LogP contribution in [0.4, 0.5) is 5.69 Å². The summed E-state index contributed by atoms with van der Waals surface area (Å²) < 4.78 is 1.71. The molecule has 0 atom stereocenters. The van der Waals surface area contributed by atoms with Gasteiger partial charge in [0.05, 0.1) is 6.54 Å². The summed E-state index contributed by atoms with van der Waals surface area (Å²) in [5.41, 5.74) is 3.05. The van der Waals surface area contributed by atoms with Crippen molar-refractivity contribution in [2.45, 2.75) is 26.8 Å². The first-order valence-electron chi connectivity index (χ1n) is 7.88. The molecule has 24 heavy (non-hydrogen) atoms. The van der Waals surface area contributed by atoms with E-state index >= 15 is 0 Å². The van der Waals surface area contributed by atoms with Crippen LogP contribution in [-0.2, 0) is 13.0 Å². The predicted octanol–water partition coefficient (Wildman–Crippen LogP) is 2.50. The molecule has 0 aliphatic rings. The number of carbonyl (C=O) groups is 1. The smallest absolute Gasteiger partial charge is 0.276 e. The maximum absolute atomic E-state index is 12.4. The second-order valence-electron chi connectivity index (χ2n) is 6.08. The number of para-hydroxylation sites is 1. The van der Waals surface area contributed by atoms with E-state index in [1.54, 1.807) is 17.1 Å². The van der Waals surface area contributed by atoms with Crippen molar-refractivity contribution in [3.63, 3.8) is 0 Å². The van der Waals surface area contributed by atoms with Gasteiger partial charge in [-0.2, -0.15) is 10.2 Å². The summed E-state index contributed by atoms with van der Waals surface area (Å²) in [7, 11) is 0. The molecule has 2 N–H and O–H groups in total. The second-order valence-corrected chi connectivity index (χ2v) is 6.08. The third kappa shape index (κ3) is 3.87. The van der Waals surface area contributed by atoms with E-state index in [0.29, 0.717) is 18.2 Å². The van der Waals surface area contributed by atoms with Gasteiger partial charge in [0.25, 0.3) is 5.91 Å². The average molecular weight is 324 g/mol. The molecule has 7 heteroatoms. The Morgan fingerprint density at radius 3 is 2.92 bits per heavy atom. The molecule has 2 aromatic heterocycles. The van der Waals surface area contributed by atoms with Crippen LogP contribution in [0.3, 0.4) is 0 Å². The molecule has 7 nitrogen and oxygen atoms in total. The lowest BCUT2D eigenvalue weighted by molar-refractivity contribution is 0.102. The van der Waals surface area contributed by atoms with Crippen molar-refractivity contribution in [2.75, 3.05) is 5.32 Å². The van der Waals surface area contributed by atoms with Gasteiger partial charge in [-0.25, -0.2) is 9.67 Å². The van der Waals surface area contributed by atoms with E-state index in [9.17, 15) is 4.79 Å². The molecule has 0 aliphatic carbocycles. The van der Waals surface area contributed by atoms with Crippen LogP contribution in [0.15, 0.2) is 43.0 Å². The van der Waals surface area contributed by atoms with E-state index in [4.69, 9.17) is 0 Å². The van der Waals surface area contributed by atoms with Crippen LogP contribution in [0.1, 0.15) is 35.6 Å². The molecule has 124 valence electrons. The fraction of sp³-hybridized carbons (Fsp3) is 0.294. The van der Waals surface area contributed by atoms with Gasteiger partial charge in [0.1, 0.15) is 12.7 Å². The molecule has 0 bridgehead atoms. The highest BCUT2D eigenvalue weighted by Gasteiger charge is 2.13. The number of amides is 1. The predicted molar refractivity (Wildman–Crippen MR) is 90.6 cm³/mol. The van der Waals surface area contributed by atoms with Crippen LogP contribution in [0.5, 0.6) is 0 Å². The molecule has 0 saturated carbocycles. The Kier molecular flexibility index (Phi) is 4.69. The van der Waals surface area contributed by atoms with E-state index < -0.39 is 0 Å². The maximum atomic E-state index is 12.4. The SMILES string of the molecule is CC(C)Cc1cc(C(=O)Nc2ccccc2Cn2cncn2)n[nH]1. The highest BCUT2D eigenvalue weighted by molar-refractivity contribution is 6.03. The average Bonchev–Trinajstić information content (AvgIpc) is 3.20. The Bertz CT molecular complexity index is 806. The summed E-state index contributed by atoms with van der Waals surface area (Å²) in [4.78, 5) is 16.4. The zero-order valence-corrected chi connectivity index (χ0v) is 13.7. The van der Waals surface area contributed by atoms with Gasteiger partial charge in [-0.3, -0.25) is 9.89 Å². The van der Waals surface area contributed by atoms with Gasteiger partial charge in [0, 0.05) is 11.4 Å². The molecule has 1 aromatic carbocycles. The third-order valence-corrected chi connectivity index (χ3v) is 3.56. The molecule has 2 heterocycles. The van der Waals surface area contributed by atoms with Crippen molar-refractivity contribution >= 4 is 11.6 Å². The van der Waals surface area contributed by atoms with Crippen LogP contribution in [-0.4, -0.2) is 30.9 Å². The van der Waals surface area contributed by atoms with Crippen molar-refractivity contribution < 1.29 is 4.79 Å². The number of H-pyrrole nitrogens is 1. The second kappa shape index (κ2) is 7.08. The zero-order valence-electron chi connectivity index (χ0n) is 13.7. The summed E-state index contributed by atoms with van der Waals surface area (Å²) in [6.07, 6.45) is 3.99. The molecule has 3 aromatic rings. The number of carbonyl (C=O) groups excluding carboxylic acids is 1. The normalized spacial score (nSPS) is 11.0. The quantitative estimate of drug-likeness (QED) is 0.729. The third-order valence-electron chi connectivity index (χ3n) is 3.56. The minimum atomic E-state index is -0.229. The van der Waals surface area contributed by atoms with Gasteiger partial charge in [-0.05, 0) is 30.0 Å². The largest absolute Gasteiger partial charge is 0.320 e. The lowest BCUT2D eigenvalue weighted by Crippen LogP contribution is -2.14. The molecule has 0 radical (unpaired) electrons. The molecular formula is C17H20N6O. The number of nitrogens with zero attached hydrogens (tertiary/aromatic N) is 4. The fourth-order valence-corrected chi connectivity index (χ4v) is 2.48. The Hall–Kier alpha value is -2.96. The Balaban J connectivity index is 1.73. The number of aromatic amines is 1. The summed E-state index contributed by atoms with van der Waals surface area (Å²) in [6, 6.07) is 9.43. The van der Waals surface area contributed by atoms with Crippen LogP contribution < -0.4 is 5.32 Å². The minimum absolute atomic E-state index is 0.229. The summed E-state index contributed by atoms with van der Waals surface area (Å²) in [6.45, 7) is 4.79. The van der Waals surface area contributed by atoms with Crippen LogP contribution in [0, 0.1) is 5.92 Å². The zero-order chi connectivity index (χ0) is 16.9. The molecule has 0 saturated heterocycles. The number of rotatable bonds is 6. The standard InChI is InChI=1S/C17H20N6O/c1-12(2)7-14-8-16(22-21-14)17(24)20-15-6-4-3-5-13(15)9-23-11-18-10-19-23/h3-6,8,10-12H,7,9H2,1-2H3,(H,20,24)(H,21,22). The van der Waals surface area contributed by atoms with Crippen LogP contribution in [0.2, 0.25) is 0 Å². The molecule has 3 rings (SSSR count). The molecular weight excluding hydrogens is 304 g/mol. The van der Waals surface area contributed by atoms with E-state index in [2.05, 4.69) is 39.4 Å². The topological polar surface area (TPSA) is 88.5 Å². The van der Waals surface area contributed by atoms with Crippen molar-refractivity contribution in [2.24, 2.45) is 5.92 Å². The molecule has 0 aliphatic heterocycles. The number of anilines is 1. The van der Waals surface area contributed by atoms with Crippen LogP contribution >= 0.6 is 0 Å². The van der Waals surface area contributed by atoms with E-state index in [1.807, 2.05) is 24.3 Å². The molecule has 0 unspecified atom stereocenters. The maximum Gasteiger partial charge on any atom is 0.276 e. The monoisotopic (exact) mass is 324 g/mol. The van der Waals surface area contributed by atoms with Crippen molar-refractivity contribution in [3.05, 3.63) is 59.9 Å². The van der Waals surface area contributed by atoms with Gasteiger partial charge in [-0.15, -0.1) is 0 Å². The van der Waals surface area contributed by atoms with Gasteiger partial charge >= 0.3 is 0 Å². The first-order valence-corrected chi connectivity index (χ1v) is 7.88. The Labute approximate surface area is 140 Å². The van der Waals surface area contributed by atoms with E-state index in [-0.39, 0.29) is 5.91 Å². The lowest BCUT2D eigenvalue weighted by atomic mass is 10.1. The fourth-order valence-electron chi connectivity index (χ4n) is 2.48. The van der Waals surface area contributed by atoms with Gasteiger partial charge in [0.15, 0.2) is 5.69 Å². The van der Waals surface area contributed by atoms with E-state index in [1.165, 1.54) is 6.33 Å². The van der Waals surface area contributed by atoms with Crippen molar-refractivity contribution in [1.82, 2.24) is 25.0 Å². The number of benzene rings is 1. The molecule has 0 fully saturated rings. The summed E-state index contributed by atoms with van der Waals surface area (Å²) in [5, 5.41) is 14.0. The number of aromatic nitrogens is 5. The molecule has 1 amide bonds. The minimum Gasteiger partial charge on any atom is -0.320 e. The highest BCUT2D eigenvalue weighted by atomic mass is 16.1. The van der Waals surface area contributed by atoms with Crippen molar-refractivity contribution in [1.29, 1.82) is 0 Å². The number of hydrogen-bond donors (Lipinski definition) is 2. The summed E-state index contributed by atoms with van der Waals surface area (Å²) >= 11 is 0. The number of nitrogens with one attached hydrogen (secondary N) is 2. The van der Waals surface area contributed by atoms with Crippen molar-refractivity contribution in [3.8, 4) is 0 Å². The van der Waals surface area contributed by atoms with Gasteiger partial charge < -0.3 is 5.32 Å². The van der Waals surface area contributed by atoms with Gasteiger partial charge in [-0.1, -0.05) is 32.0 Å². The Morgan fingerprint density at radius 2 is 2.17 bits per heavy atom. The summed E-state index contributed by atoms with van der Waals surface area (Å²) in [5.74, 6) is 0.275. The first-order chi connectivity index (χ1) is 11.6. The molecule has 0 spiro atoms. The van der Waals surface area contributed by atoms with E-state index in [0.717, 1.165) is 23.4 Å². The highest BCUT2D eigenvalue weighted by Crippen LogP contribution is 2.17.